The quantitative estimate of drug-likeness (QED) is 0.643. The Bertz CT molecular complexity index is 893. The molecule has 1 heterocycles. The first-order valence-corrected chi connectivity index (χ1v) is 8.95. The highest BCUT2D eigenvalue weighted by Gasteiger charge is 2.16. The summed E-state index contributed by atoms with van der Waals surface area (Å²) in [4.78, 5) is 27.6. The Hall–Kier alpha value is -2.62. The lowest BCUT2D eigenvalue weighted by Gasteiger charge is -2.23. The summed E-state index contributed by atoms with van der Waals surface area (Å²) in [6.07, 6.45) is 1.88. The van der Waals surface area contributed by atoms with E-state index in [-0.39, 0.29) is 17.9 Å². The van der Waals surface area contributed by atoms with Gasteiger partial charge in [0.15, 0.2) is 5.43 Å². The normalized spacial score (nSPS) is 11.1. The molecule has 0 spiro atoms. The predicted octanol–water partition coefficient (Wildman–Crippen LogP) is 3.80. The molecule has 2 aromatic carbocycles. The Balaban J connectivity index is 2.15. The molecule has 0 unspecified atom stereocenters. The zero-order valence-corrected chi connectivity index (χ0v) is 14.9. The highest BCUT2D eigenvalue weighted by molar-refractivity contribution is 5.94. The van der Waals surface area contributed by atoms with Crippen LogP contribution in [-0.4, -0.2) is 28.5 Å². The van der Waals surface area contributed by atoms with Crippen LogP contribution in [-0.2, 0) is 11.3 Å². The first-order chi connectivity index (χ1) is 12.2. The van der Waals surface area contributed by atoms with Gasteiger partial charge < -0.3 is 9.47 Å². The number of amides is 1. The molecule has 3 aromatic rings. The van der Waals surface area contributed by atoms with Crippen LogP contribution in [0.25, 0.3) is 21.8 Å². The number of pyridine rings is 1. The lowest BCUT2D eigenvalue weighted by molar-refractivity contribution is -0.131. The van der Waals surface area contributed by atoms with E-state index in [1.165, 1.54) is 0 Å². The number of nitrogens with zero attached hydrogens (tertiary/aromatic N) is 2. The number of carbonyl (C=O) groups excluding carboxylic acids is 1. The third-order valence-electron chi connectivity index (χ3n) is 4.51. The first-order valence-electron chi connectivity index (χ1n) is 8.95. The fraction of sp³-hybridized carbons (Fsp3) is 0.333. The molecule has 0 atom stereocenters. The second-order valence-electron chi connectivity index (χ2n) is 6.33. The second kappa shape index (κ2) is 7.51. The van der Waals surface area contributed by atoms with Gasteiger partial charge in [0.05, 0.1) is 11.0 Å². The number of aromatic nitrogens is 1. The number of para-hydroxylation sites is 2. The Labute approximate surface area is 147 Å². The van der Waals surface area contributed by atoms with Crippen LogP contribution < -0.4 is 5.43 Å². The van der Waals surface area contributed by atoms with Gasteiger partial charge in [-0.25, -0.2) is 0 Å². The molecule has 1 aromatic heterocycles. The third kappa shape index (κ3) is 3.29. The summed E-state index contributed by atoms with van der Waals surface area (Å²) in [5.74, 6) is 0.0997. The van der Waals surface area contributed by atoms with Crippen molar-refractivity contribution < 1.29 is 4.79 Å². The van der Waals surface area contributed by atoms with Gasteiger partial charge in [0.2, 0.25) is 5.91 Å². The molecule has 25 heavy (non-hydrogen) atoms. The minimum Gasteiger partial charge on any atom is -0.341 e. The number of rotatable bonds is 6. The summed E-state index contributed by atoms with van der Waals surface area (Å²) in [5, 5.41) is 1.32. The van der Waals surface area contributed by atoms with Crippen LogP contribution in [0.4, 0.5) is 0 Å². The van der Waals surface area contributed by atoms with Crippen molar-refractivity contribution in [1.82, 2.24) is 9.47 Å². The van der Waals surface area contributed by atoms with Gasteiger partial charge in [0.25, 0.3) is 0 Å². The molecule has 0 N–H and O–H groups in total. The van der Waals surface area contributed by atoms with E-state index in [1.807, 2.05) is 58.0 Å². The van der Waals surface area contributed by atoms with Gasteiger partial charge in [-0.15, -0.1) is 0 Å². The number of hydrogen-bond donors (Lipinski definition) is 0. The SMILES string of the molecule is CCCN(CCC)C(=O)Cn1c2ccccc2c(=O)c2ccccc21. The fourth-order valence-corrected chi connectivity index (χ4v) is 3.38. The van der Waals surface area contributed by atoms with Gasteiger partial charge in [0, 0.05) is 23.9 Å². The van der Waals surface area contributed by atoms with Crippen LogP contribution in [0.15, 0.2) is 53.3 Å². The van der Waals surface area contributed by atoms with E-state index in [1.54, 1.807) is 0 Å². The highest BCUT2D eigenvalue weighted by Crippen LogP contribution is 2.19. The molecule has 1 amide bonds. The zero-order chi connectivity index (χ0) is 17.8. The fourth-order valence-electron chi connectivity index (χ4n) is 3.38. The topological polar surface area (TPSA) is 42.3 Å². The summed E-state index contributed by atoms with van der Waals surface area (Å²) in [6, 6.07) is 15.1. The van der Waals surface area contributed by atoms with Crippen molar-refractivity contribution in [2.45, 2.75) is 33.2 Å². The highest BCUT2D eigenvalue weighted by atomic mass is 16.2. The zero-order valence-electron chi connectivity index (χ0n) is 14.9. The number of carbonyl (C=O) groups is 1. The van der Waals surface area contributed by atoms with Crippen molar-refractivity contribution in [2.24, 2.45) is 0 Å². The van der Waals surface area contributed by atoms with Gasteiger partial charge in [-0.1, -0.05) is 38.1 Å². The maximum absolute atomic E-state index is 12.9. The largest absolute Gasteiger partial charge is 0.341 e. The lowest BCUT2D eigenvalue weighted by atomic mass is 10.1. The van der Waals surface area contributed by atoms with Crippen LogP contribution in [0, 0.1) is 0 Å². The summed E-state index contributed by atoms with van der Waals surface area (Å²) < 4.78 is 1.98. The lowest BCUT2D eigenvalue weighted by Crippen LogP contribution is -2.35. The molecule has 0 radical (unpaired) electrons. The second-order valence-corrected chi connectivity index (χ2v) is 6.33. The summed E-state index contributed by atoms with van der Waals surface area (Å²) in [5.41, 5.74) is 1.65. The van der Waals surface area contributed by atoms with Crippen LogP contribution >= 0.6 is 0 Å². The summed E-state index contributed by atoms with van der Waals surface area (Å²) in [7, 11) is 0. The molecule has 0 aliphatic carbocycles. The standard InChI is InChI=1S/C21H24N2O2/c1-3-13-22(14-4-2)20(24)15-23-18-11-7-5-9-16(18)21(25)17-10-6-8-12-19(17)23/h5-12H,3-4,13-15H2,1-2H3. The molecule has 0 bridgehead atoms. The minimum atomic E-state index is 0.0221. The van der Waals surface area contributed by atoms with Gasteiger partial charge in [0.1, 0.15) is 6.54 Å². The maximum atomic E-state index is 12.9. The van der Waals surface area contributed by atoms with E-state index in [0.717, 1.165) is 37.0 Å². The molecule has 0 aliphatic heterocycles. The third-order valence-corrected chi connectivity index (χ3v) is 4.51. The molecule has 0 fully saturated rings. The van der Waals surface area contributed by atoms with E-state index >= 15 is 0 Å². The van der Waals surface area contributed by atoms with E-state index < -0.39 is 0 Å². The van der Waals surface area contributed by atoms with E-state index in [2.05, 4.69) is 13.8 Å². The van der Waals surface area contributed by atoms with Gasteiger partial charge in [-0.3, -0.25) is 9.59 Å². The van der Waals surface area contributed by atoms with Crippen molar-refractivity contribution in [2.75, 3.05) is 13.1 Å². The minimum absolute atomic E-state index is 0.0221. The number of benzene rings is 2. The molecule has 0 aliphatic rings. The average molecular weight is 336 g/mol. The van der Waals surface area contributed by atoms with E-state index in [0.29, 0.717) is 10.8 Å². The smallest absolute Gasteiger partial charge is 0.242 e. The molecule has 3 rings (SSSR count). The van der Waals surface area contributed by atoms with E-state index in [9.17, 15) is 9.59 Å². The van der Waals surface area contributed by atoms with Crippen molar-refractivity contribution in [1.29, 1.82) is 0 Å². The Kier molecular flexibility index (Phi) is 5.17. The van der Waals surface area contributed by atoms with Gasteiger partial charge in [-0.2, -0.15) is 0 Å². The van der Waals surface area contributed by atoms with Crippen LogP contribution in [0.5, 0.6) is 0 Å². The monoisotopic (exact) mass is 336 g/mol. The number of hydrogen-bond acceptors (Lipinski definition) is 2. The molecular weight excluding hydrogens is 312 g/mol. The Morgan fingerprint density at radius 3 is 1.84 bits per heavy atom. The van der Waals surface area contributed by atoms with E-state index in [4.69, 9.17) is 0 Å². The molecule has 0 saturated heterocycles. The Morgan fingerprint density at radius 1 is 0.880 bits per heavy atom. The summed E-state index contributed by atoms with van der Waals surface area (Å²) >= 11 is 0. The van der Waals surface area contributed by atoms with Crippen molar-refractivity contribution in [3.8, 4) is 0 Å². The first kappa shape index (κ1) is 17.2. The van der Waals surface area contributed by atoms with Crippen LogP contribution in [0.3, 0.4) is 0 Å². The van der Waals surface area contributed by atoms with Gasteiger partial charge >= 0.3 is 0 Å². The average Bonchev–Trinajstić information content (AvgIpc) is 2.65. The van der Waals surface area contributed by atoms with Crippen molar-refractivity contribution in [3.05, 3.63) is 58.8 Å². The molecule has 0 saturated carbocycles. The Morgan fingerprint density at radius 2 is 1.36 bits per heavy atom. The molecular formula is C21H24N2O2. The summed E-state index contributed by atoms with van der Waals surface area (Å²) in [6.45, 7) is 5.95. The predicted molar refractivity (Wildman–Crippen MR) is 103 cm³/mol. The number of fused-ring (bicyclic) bond motifs is 2. The molecule has 4 heteroatoms. The maximum Gasteiger partial charge on any atom is 0.242 e. The molecule has 4 nitrogen and oxygen atoms in total. The van der Waals surface area contributed by atoms with Gasteiger partial charge in [-0.05, 0) is 37.1 Å². The van der Waals surface area contributed by atoms with Crippen LogP contribution in [0.2, 0.25) is 0 Å². The van der Waals surface area contributed by atoms with Crippen molar-refractivity contribution in [3.63, 3.8) is 0 Å². The van der Waals surface area contributed by atoms with Crippen molar-refractivity contribution >= 4 is 27.7 Å². The van der Waals surface area contributed by atoms with Crippen LogP contribution in [0.1, 0.15) is 26.7 Å². The molecule has 130 valence electrons.